The van der Waals surface area contributed by atoms with E-state index in [0.29, 0.717) is 5.52 Å². The first-order valence-electron chi connectivity index (χ1n) is 3.56. The molecule has 0 spiro atoms. The molecular formula is C7H7N5. The summed E-state index contributed by atoms with van der Waals surface area (Å²) in [6.45, 7) is 3.68. The Morgan fingerprint density at radius 2 is 2.00 bits per heavy atom. The molecule has 2 aromatic rings. The fraction of sp³-hybridized carbons (Fsp3) is 0.286. The Balaban J connectivity index is 2.88. The van der Waals surface area contributed by atoms with Crippen LogP contribution in [0, 0.1) is 13.8 Å². The zero-order chi connectivity index (χ0) is 8.55. The van der Waals surface area contributed by atoms with Gasteiger partial charge in [-0.15, -0.1) is 10.2 Å². The first-order chi connectivity index (χ1) is 5.77. The second-order valence-corrected chi connectivity index (χ2v) is 2.53. The minimum atomic E-state index is 0.688. The summed E-state index contributed by atoms with van der Waals surface area (Å²) in [5, 5.41) is 11.2. The summed E-state index contributed by atoms with van der Waals surface area (Å²) in [6, 6.07) is 0. The zero-order valence-corrected chi connectivity index (χ0v) is 6.81. The highest BCUT2D eigenvalue weighted by Crippen LogP contribution is 2.07. The summed E-state index contributed by atoms with van der Waals surface area (Å²) in [5.41, 5.74) is 2.25. The lowest BCUT2D eigenvalue weighted by molar-refractivity contribution is 0.858. The Hall–Kier alpha value is -1.65. The molecule has 0 aliphatic rings. The van der Waals surface area contributed by atoms with Gasteiger partial charge < -0.3 is 0 Å². The third-order valence-corrected chi connectivity index (χ3v) is 1.58. The minimum Gasteiger partial charge on any atom is -0.239 e. The van der Waals surface area contributed by atoms with Crippen LogP contribution in [0.3, 0.4) is 0 Å². The van der Waals surface area contributed by atoms with Crippen LogP contribution in [0.15, 0.2) is 6.20 Å². The molecule has 60 valence electrons. The van der Waals surface area contributed by atoms with Gasteiger partial charge in [-0.2, -0.15) is 0 Å². The third kappa shape index (κ3) is 0.990. The molecular weight excluding hydrogens is 154 g/mol. The van der Waals surface area contributed by atoms with Gasteiger partial charge in [0.25, 0.3) is 0 Å². The molecule has 2 heterocycles. The zero-order valence-electron chi connectivity index (χ0n) is 6.81. The van der Waals surface area contributed by atoms with Crippen molar-refractivity contribution in [1.29, 1.82) is 0 Å². The van der Waals surface area contributed by atoms with Gasteiger partial charge in [0.2, 0.25) is 0 Å². The highest BCUT2D eigenvalue weighted by molar-refractivity contribution is 5.74. The standard InChI is InChI=1S/C7H7N5/c1-4-7-6(11-12-10-4)3-8-5(2)9-7/h3H,1-2H3. The van der Waals surface area contributed by atoms with Crippen LogP contribution >= 0.6 is 0 Å². The molecule has 0 aliphatic heterocycles. The topological polar surface area (TPSA) is 64.5 Å². The number of aromatic nitrogens is 5. The molecule has 0 fully saturated rings. The quantitative estimate of drug-likeness (QED) is 0.560. The number of fused-ring (bicyclic) bond motifs is 1. The molecule has 0 bridgehead atoms. The average molecular weight is 161 g/mol. The van der Waals surface area contributed by atoms with Gasteiger partial charge in [0.15, 0.2) is 0 Å². The van der Waals surface area contributed by atoms with Crippen LogP contribution in [0.5, 0.6) is 0 Å². The lowest BCUT2D eigenvalue weighted by atomic mass is 10.3. The molecule has 12 heavy (non-hydrogen) atoms. The van der Waals surface area contributed by atoms with Crippen LogP contribution in [0.1, 0.15) is 11.5 Å². The van der Waals surface area contributed by atoms with E-state index in [-0.39, 0.29) is 0 Å². The molecule has 0 aliphatic carbocycles. The molecule has 0 amide bonds. The fourth-order valence-electron chi connectivity index (χ4n) is 0.988. The third-order valence-electron chi connectivity index (χ3n) is 1.58. The van der Waals surface area contributed by atoms with Gasteiger partial charge in [0.1, 0.15) is 16.9 Å². The van der Waals surface area contributed by atoms with Gasteiger partial charge in [-0.1, -0.05) is 0 Å². The molecule has 2 aromatic heterocycles. The van der Waals surface area contributed by atoms with Crippen LogP contribution < -0.4 is 0 Å². The Bertz CT molecular complexity index is 425. The minimum absolute atomic E-state index is 0.688. The molecule has 5 nitrogen and oxygen atoms in total. The van der Waals surface area contributed by atoms with Gasteiger partial charge in [-0.05, 0) is 19.1 Å². The summed E-state index contributed by atoms with van der Waals surface area (Å²) >= 11 is 0. The maximum absolute atomic E-state index is 4.20. The molecule has 0 aromatic carbocycles. The predicted octanol–water partition coefficient (Wildman–Crippen LogP) is 0.432. The van der Waals surface area contributed by atoms with E-state index in [4.69, 9.17) is 0 Å². The van der Waals surface area contributed by atoms with Crippen molar-refractivity contribution >= 4 is 11.0 Å². The van der Waals surface area contributed by atoms with Crippen molar-refractivity contribution in [3.05, 3.63) is 17.7 Å². The average Bonchev–Trinajstić information content (AvgIpc) is 2.07. The maximum Gasteiger partial charge on any atom is 0.133 e. The van der Waals surface area contributed by atoms with Crippen LogP contribution in [-0.2, 0) is 0 Å². The van der Waals surface area contributed by atoms with Crippen molar-refractivity contribution in [3.8, 4) is 0 Å². The second kappa shape index (κ2) is 2.44. The summed E-state index contributed by atoms with van der Waals surface area (Å²) in [6.07, 6.45) is 1.65. The van der Waals surface area contributed by atoms with Crippen molar-refractivity contribution < 1.29 is 0 Å². The van der Waals surface area contributed by atoms with E-state index in [1.165, 1.54) is 0 Å². The number of rotatable bonds is 0. The Morgan fingerprint density at radius 1 is 1.17 bits per heavy atom. The molecule has 0 saturated heterocycles. The molecule has 0 N–H and O–H groups in total. The maximum atomic E-state index is 4.20. The van der Waals surface area contributed by atoms with Gasteiger partial charge in [-0.25, -0.2) is 9.97 Å². The number of nitrogens with zero attached hydrogens (tertiary/aromatic N) is 5. The van der Waals surface area contributed by atoms with Crippen molar-refractivity contribution in [2.24, 2.45) is 0 Å². The van der Waals surface area contributed by atoms with E-state index in [9.17, 15) is 0 Å². The first kappa shape index (κ1) is 7.02. The van der Waals surface area contributed by atoms with E-state index in [1.54, 1.807) is 6.20 Å². The number of hydrogen-bond acceptors (Lipinski definition) is 5. The fourth-order valence-corrected chi connectivity index (χ4v) is 0.988. The van der Waals surface area contributed by atoms with Crippen molar-refractivity contribution in [2.75, 3.05) is 0 Å². The summed E-state index contributed by atoms with van der Waals surface area (Å²) in [4.78, 5) is 8.21. The highest BCUT2D eigenvalue weighted by atomic mass is 15.3. The molecule has 5 heteroatoms. The van der Waals surface area contributed by atoms with Crippen molar-refractivity contribution in [3.63, 3.8) is 0 Å². The van der Waals surface area contributed by atoms with Crippen molar-refractivity contribution in [1.82, 2.24) is 25.4 Å². The van der Waals surface area contributed by atoms with Gasteiger partial charge in [0, 0.05) is 0 Å². The molecule has 0 atom stereocenters. The lowest BCUT2D eigenvalue weighted by Gasteiger charge is -1.96. The monoisotopic (exact) mass is 161 g/mol. The molecule has 0 radical (unpaired) electrons. The Morgan fingerprint density at radius 3 is 2.83 bits per heavy atom. The second-order valence-electron chi connectivity index (χ2n) is 2.53. The summed E-state index contributed by atoms with van der Waals surface area (Å²) in [7, 11) is 0. The van der Waals surface area contributed by atoms with Crippen LogP contribution in [0.4, 0.5) is 0 Å². The molecule has 0 unspecified atom stereocenters. The summed E-state index contributed by atoms with van der Waals surface area (Å²) in [5.74, 6) is 0.723. The number of aryl methyl sites for hydroxylation is 2. The van der Waals surface area contributed by atoms with Crippen LogP contribution in [0.2, 0.25) is 0 Å². The summed E-state index contributed by atoms with van der Waals surface area (Å²) < 4.78 is 0. The van der Waals surface area contributed by atoms with E-state index in [0.717, 1.165) is 17.0 Å². The predicted molar refractivity (Wildman–Crippen MR) is 42.4 cm³/mol. The van der Waals surface area contributed by atoms with Gasteiger partial charge in [-0.3, -0.25) is 0 Å². The van der Waals surface area contributed by atoms with E-state index in [2.05, 4.69) is 25.4 Å². The van der Waals surface area contributed by atoms with E-state index < -0.39 is 0 Å². The van der Waals surface area contributed by atoms with Crippen molar-refractivity contribution in [2.45, 2.75) is 13.8 Å². The van der Waals surface area contributed by atoms with E-state index >= 15 is 0 Å². The smallest absolute Gasteiger partial charge is 0.133 e. The highest BCUT2D eigenvalue weighted by Gasteiger charge is 2.01. The Kier molecular flexibility index (Phi) is 1.43. The van der Waals surface area contributed by atoms with Crippen LogP contribution in [0.25, 0.3) is 11.0 Å². The van der Waals surface area contributed by atoms with Gasteiger partial charge >= 0.3 is 0 Å². The SMILES string of the molecule is Cc1ncc2nnnc(C)c2n1. The number of hydrogen-bond donors (Lipinski definition) is 0. The lowest BCUT2D eigenvalue weighted by Crippen LogP contribution is -1.97. The normalized spacial score (nSPS) is 10.5. The van der Waals surface area contributed by atoms with E-state index in [1.807, 2.05) is 13.8 Å². The van der Waals surface area contributed by atoms with Crippen LogP contribution in [-0.4, -0.2) is 25.4 Å². The van der Waals surface area contributed by atoms with Gasteiger partial charge in [0.05, 0.1) is 11.9 Å². The molecule has 2 rings (SSSR count). The largest absolute Gasteiger partial charge is 0.239 e. The Labute approximate surface area is 68.9 Å². The molecule has 0 saturated carbocycles. The first-order valence-corrected chi connectivity index (χ1v) is 3.56.